The average Bonchev–Trinajstić information content (AvgIpc) is 2.86. The lowest BCUT2D eigenvalue weighted by Crippen LogP contribution is -2.44. The summed E-state index contributed by atoms with van der Waals surface area (Å²) in [6.45, 7) is 3.31. The summed E-state index contributed by atoms with van der Waals surface area (Å²) in [5.41, 5.74) is 0. The Morgan fingerprint density at radius 3 is 2.57 bits per heavy atom. The van der Waals surface area contributed by atoms with Gasteiger partial charge in [0.25, 0.3) is 0 Å². The number of urea groups is 1. The number of carboxylic acids is 1. The van der Waals surface area contributed by atoms with E-state index in [1.165, 1.54) is 19.3 Å². The lowest BCUT2D eigenvalue weighted by atomic mass is 9.98. The van der Waals surface area contributed by atoms with Gasteiger partial charge in [-0.05, 0) is 26.2 Å². The molecule has 120 valence electrons. The van der Waals surface area contributed by atoms with Crippen molar-refractivity contribution in [2.45, 2.75) is 57.6 Å². The zero-order valence-electron chi connectivity index (χ0n) is 12.7. The molecular weight excluding hydrogens is 272 g/mol. The number of carbonyl (C=O) groups excluding carboxylic acids is 1. The van der Waals surface area contributed by atoms with E-state index in [1.807, 2.05) is 0 Å². The molecule has 2 unspecified atom stereocenters. The first-order chi connectivity index (χ1) is 10.1. The number of hydrogen-bond acceptors (Lipinski definition) is 3. The van der Waals surface area contributed by atoms with Gasteiger partial charge in [-0.2, -0.15) is 0 Å². The molecule has 1 aliphatic carbocycles. The van der Waals surface area contributed by atoms with Crippen molar-refractivity contribution in [1.29, 1.82) is 0 Å². The Morgan fingerprint density at radius 1 is 1.24 bits per heavy atom. The zero-order valence-corrected chi connectivity index (χ0v) is 12.7. The van der Waals surface area contributed by atoms with Crippen molar-refractivity contribution in [2.24, 2.45) is 5.92 Å². The summed E-state index contributed by atoms with van der Waals surface area (Å²) in [5, 5.41) is 11.9. The van der Waals surface area contributed by atoms with Crippen molar-refractivity contribution in [3.8, 4) is 0 Å². The lowest BCUT2D eigenvalue weighted by molar-refractivity contribution is -0.142. The van der Waals surface area contributed by atoms with Crippen LogP contribution in [0, 0.1) is 5.92 Å². The van der Waals surface area contributed by atoms with Crippen LogP contribution in [0.25, 0.3) is 0 Å². The minimum absolute atomic E-state index is 0.182. The summed E-state index contributed by atoms with van der Waals surface area (Å²) >= 11 is 0. The van der Waals surface area contributed by atoms with E-state index in [0.29, 0.717) is 32.2 Å². The maximum absolute atomic E-state index is 12.0. The Balaban J connectivity index is 1.64. The highest BCUT2D eigenvalue weighted by atomic mass is 16.5. The Labute approximate surface area is 125 Å². The number of aliphatic carboxylic acids is 1. The van der Waals surface area contributed by atoms with Gasteiger partial charge in [-0.15, -0.1) is 0 Å². The maximum Gasteiger partial charge on any atom is 0.317 e. The van der Waals surface area contributed by atoms with Crippen LogP contribution in [0.2, 0.25) is 0 Å². The van der Waals surface area contributed by atoms with Crippen molar-refractivity contribution in [3.05, 3.63) is 0 Å². The quantitative estimate of drug-likeness (QED) is 0.759. The van der Waals surface area contributed by atoms with Gasteiger partial charge >= 0.3 is 12.0 Å². The molecule has 2 atom stereocenters. The van der Waals surface area contributed by atoms with Crippen LogP contribution < -0.4 is 5.32 Å². The molecule has 2 N–H and O–H groups in total. The third-order valence-electron chi connectivity index (χ3n) is 4.62. The first-order valence-corrected chi connectivity index (χ1v) is 7.98. The number of ether oxygens (including phenoxy) is 1. The molecule has 0 spiro atoms. The fourth-order valence-electron chi connectivity index (χ4n) is 3.27. The van der Waals surface area contributed by atoms with Crippen molar-refractivity contribution < 1.29 is 19.4 Å². The van der Waals surface area contributed by atoms with Gasteiger partial charge in [-0.1, -0.05) is 19.3 Å². The molecule has 6 heteroatoms. The Bertz CT molecular complexity index is 369. The summed E-state index contributed by atoms with van der Waals surface area (Å²) in [6.07, 6.45) is 6.89. The second-order valence-corrected chi connectivity index (χ2v) is 6.03. The van der Waals surface area contributed by atoms with Crippen molar-refractivity contribution >= 4 is 12.0 Å². The molecule has 21 heavy (non-hydrogen) atoms. The second-order valence-electron chi connectivity index (χ2n) is 6.03. The summed E-state index contributed by atoms with van der Waals surface area (Å²) in [5.74, 6) is -1.27. The van der Waals surface area contributed by atoms with Gasteiger partial charge in [0.2, 0.25) is 0 Å². The molecule has 0 radical (unpaired) electrons. The van der Waals surface area contributed by atoms with Crippen LogP contribution in [0.1, 0.15) is 45.4 Å². The predicted molar refractivity (Wildman–Crippen MR) is 78.1 cm³/mol. The summed E-state index contributed by atoms with van der Waals surface area (Å²) in [6, 6.07) is -0.430. The molecule has 1 heterocycles. The molecule has 2 fully saturated rings. The van der Waals surface area contributed by atoms with E-state index in [1.54, 1.807) is 11.8 Å². The molecule has 2 amide bonds. The lowest BCUT2D eigenvalue weighted by Gasteiger charge is -2.24. The van der Waals surface area contributed by atoms with Crippen LogP contribution in [0.15, 0.2) is 0 Å². The van der Waals surface area contributed by atoms with Crippen molar-refractivity contribution in [1.82, 2.24) is 10.2 Å². The summed E-state index contributed by atoms with van der Waals surface area (Å²) < 4.78 is 5.75. The smallest absolute Gasteiger partial charge is 0.317 e. The summed E-state index contributed by atoms with van der Waals surface area (Å²) in [7, 11) is 0. The highest BCUT2D eigenvalue weighted by Crippen LogP contribution is 2.24. The van der Waals surface area contributed by atoms with Gasteiger partial charge in [0.05, 0.1) is 18.6 Å². The molecule has 2 aliphatic rings. The predicted octanol–water partition coefficient (Wildman–Crippen LogP) is 1.84. The molecule has 1 saturated heterocycles. The Morgan fingerprint density at radius 2 is 1.95 bits per heavy atom. The van der Waals surface area contributed by atoms with Gasteiger partial charge in [0, 0.05) is 19.1 Å². The number of carboxylic acid groups (broad SMARTS) is 1. The Kier molecular flexibility index (Phi) is 5.85. The number of nitrogens with one attached hydrogen (secondary N) is 1. The first-order valence-electron chi connectivity index (χ1n) is 7.98. The van der Waals surface area contributed by atoms with E-state index >= 15 is 0 Å². The van der Waals surface area contributed by atoms with Gasteiger partial charge in [0.1, 0.15) is 0 Å². The second kappa shape index (κ2) is 7.64. The number of carbonyl (C=O) groups is 2. The molecule has 1 aliphatic heterocycles. The minimum Gasteiger partial charge on any atom is -0.481 e. The van der Waals surface area contributed by atoms with Crippen molar-refractivity contribution in [3.63, 3.8) is 0 Å². The highest BCUT2D eigenvalue weighted by Gasteiger charge is 2.37. The van der Waals surface area contributed by atoms with Gasteiger partial charge in [-0.25, -0.2) is 4.79 Å². The van der Waals surface area contributed by atoms with Crippen LogP contribution >= 0.6 is 0 Å². The van der Waals surface area contributed by atoms with E-state index in [-0.39, 0.29) is 12.1 Å². The highest BCUT2D eigenvalue weighted by molar-refractivity contribution is 5.78. The number of nitrogens with zero attached hydrogens (tertiary/aromatic N) is 1. The average molecular weight is 298 g/mol. The molecular formula is C15H26N2O4. The normalized spacial score (nSPS) is 26.8. The third-order valence-corrected chi connectivity index (χ3v) is 4.62. The van der Waals surface area contributed by atoms with Gasteiger partial charge < -0.3 is 20.1 Å². The summed E-state index contributed by atoms with van der Waals surface area (Å²) in [4.78, 5) is 24.7. The number of likely N-dealkylation sites (tertiary alicyclic amines) is 1. The number of amides is 2. The van der Waals surface area contributed by atoms with Crippen LogP contribution in [0.4, 0.5) is 4.79 Å². The minimum atomic E-state index is -0.821. The Hall–Kier alpha value is -1.30. The van der Waals surface area contributed by atoms with E-state index in [2.05, 4.69) is 5.32 Å². The number of rotatable bonds is 5. The van der Waals surface area contributed by atoms with Crippen LogP contribution in [-0.4, -0.2) is 53.8 Å². The molecule has 1 saturated carbocycles. The molecule has 0 aromatic heterocycles. The molecule has 0 aromatic rings. The standard InChI is InChI=1S/C15H26N2O4/c1-11-13(14(18)19)7-9-17(11)15(20)16-8-10-21-12-5-3-2-4-6-12/h11-13H,2-10H2,1H3,(H,16,20)(H,18,19). The first kappa shape index (κ1) is 16.1. The molecule has 0 aromatic carbocycles. The molecule has 0 bridgehead atoms. The monoisotopic (exact) mass is 298 g/mol. The fourth-order valence-corrected chi connectivity index (χ4v) is 3.27. The van der Waals surface area contributed by atoms with Gasteiger partial charge in [-0.3, -0.25) is 4.79 Å². The van der Waals surface area contributed by atoms with E-state index in [9.17, 15) is 9.59 Å². The number of hydrogen-bond donors (Lipinski definition) is 2. The SMILES string of the molecule is CC1C(C(=O)O)CCN1C(=O)NCCOC1CCCCC1. The third kappa shape index (κ3) is 4.33. The van der Waals surface area contributed by atoms with Gasteiger partial charge in [0.15, 0.2) is 0 Å². The van der Waals surface area contributed by atoms with Crippen molar-refractivity contribution in [2.75, 3.05) is 19.7 Å². The van der Waals surface area contributed by atoms with Crippen LogP contribution in [-0.2, 0) is 9.53 Å². The van der Waals surface area contributed by atoms with Crippen LogP contribution in [0.3, 0.4) is 0 Å². The van der Waals surface area contributed by atoms with E-state index < -0.39 is 11.9 Å². The largest absolute Gasteiger partial charge is 0.481 e. The molecule has 2 rings (SSSR count). The van der Waals surface area contributed by atoms with E-state index in [4.69, 9.17) is 9.84 Å². The maximum atomic E-state index is 12.0. The van der Waals surface area contributed by atoms with Crippen LogP contribution in [0.5, 0.6) is 0 Å². The van der Waals surface area contributed by atoms with E-state index in [0.717, 1.165) is 12.8 Å². The molecule has 6 nitrogen and oxygen atoms in total. The topological polar surface area (TPSA) is 78.9 Å². The zero-order chi connectivity index (χ0) is 15.2. The fraction of sp³-hybridized carbons (Fsp3) is 0.867.